The highest BCUT2D eigenvalue weighted by Gasteiger charge is 2.33. The summed E-state index contributed by atoms with van der Waals surface area (Å²) in [5, 5.41) is 8.71. The van der Waals surface area contributed by atoms with Gasteiger partial charge in [-0.1, -0.05) is 31.5 Å². The Kier molecular flexibility index (Phi) is 15.8. The number of nitrogens with zero attached hydrogens (tertiary/aromatic N) is 4. The van der Waals surface area contributed by atoms with E-state index in [9.17, 15) is 27.6 Å². The second-order valence-electron chi connectivity index (χ2n) is 13.5. The zero-order chi connectivity index (χ0) is 40.9. The average molecular weight is 821 g/mol. The molecule has 0 radical (unpaired) electrons. The molecule has 18 nitrogen and oxygen atoms in total. The van der Waals surface area contributed by atoms with E-state index >= 15 is 0 Å². The summed E-state index contributed by atoms with van der Waals surface area (Å²) in [6, 6.07) is 10.9. The molecule has 0 spiro atoms. The predicted octanol–water partition coefficient (Wildman–Crippen LogP) is 3.36. The van der Waals surface area contributed by atoms with Gasteiger partial charge in [-0.2, -0.15) is 4.37 Å². The number of hydrogen-bond acceptors (Lipinski definition) is 17. The molecule has 1 aliphatic rings. The number of anilines is 2. The number of unbranched alkanes of at least 4 members (excludes halogenated alkanes) is 1. The molecule has 1 aromatic heterocycles. The van der Waals surface area contributed by atoms with E-state index in [0.29, 0.717) is 44.4 Å². The molecule has 0 bridgehead atoms. The van der Waals surface area contributed by atoms with Crippen molar-refractivity contribution in [3.63, 3.8) is 0 Å². The minimum absolute atomic E-state index is 0.108. The van der Waals surface area contributed by atoms with Crippen LogP contribution >= 0.6 is 11.7 Å². The van der Waals surface area contributed by atoms with Crippen LogP contribution in [0.25, 0.3) is 0 Å². The van der Waals surface area contributed by atoms with Crippen molar-refractivity contribution < 1.29 is 56.0 Å². The molecule has 0 unspecified atom stereocenters. The fourth-order valence-corrected chi connectivity index (χ4v) is 6.55. The van der Waals surface area contributed by atoms with Gasteiger partial charge in [0.05, 0.1) is 42.7 Å². The third kappa shape index (κ3) is 13.0. The molecule has 3 aromatic rings. The van der Waals surface area contributed by atoms with Crippen LogP contribution in [-0.2, 0) is 43.4 Å². The minimum Gasteiger partial charge on any atom is -0.470 e. The molecule has 1 fully saturated rings. The molecule has 1 aliphatic heterocycles. The first kappa shape index (κ1) is 43.7. The van der Waals surface area contributed by atoms with E-state index in [-0.39, 0.29) is 36.0 Å². The van der Waals surface area contributed by atoms with Gasteiger partial charge in [0.2, 0.25) is 15.8 Å². The molecule has 0 aliphatic carbocycles. The van der Waals surface area contributed by atoms with Crippen LogP contribution in [0.3, 0.4) is 0 Å². The maximum Gasteiger partial charge on any atom is 0.344 e. The normalized spacial score (nSPS) is 13.6. The maximum absolute atomic E-state index is 13.8. The summed E-state index contributed by atoms with van der Waals surface area (Å²) in [4.78, 5) is 54.1. The lowest BCUT2D eigenvalue weighted by molar-refractivity contribution is -0.165. The Balaban J connectivity index is 1.55. The first-order valence-electron chi connectivity index (χ1n) is 17.8. The highest BCUT2D eigenvalue weighted by molar-refractivity contribution is 7.89. The highest BCUT2D eigenvalue weighted by atomic mass is 32.2. The molecule has 3 N–H and O–H groups in total. The number of ether oxygens (including phenoxy) is 6. The molecule has 1 amide bonds. The van der Waals surface area contributed by atoms with Crippen LogP contribution in [0.15, 0.2) is 47.4 Å². The van der Waals surface area contributed by atoms with Crippen LogP contribution in [0, 0.1) is 0 Å². The summed E-state index contributed by atoms with van der Waals surface area (Å²) >= 11 is 0.939. The van der Waals surface area contributed by atoms with Gasteiger partial charge in [-0.05, 0) is 51.5 Å². The average Bonchev–Trinajstić information content (AvgIpc) is 3.63. The maximum atomic E-state index is 13.8. The predicted molar refractivity (Wildman–Crippen MR) is 204 cm³/mol. The van der Waals surface area contributed by atoms with Crippen LogP contribution < -0.4 is 24.8 Å². The fourth-order valence-electron chi connectivity index (χ4n) is 5.33. The number of hydrogen-bond donors (Lipinski definition) is 2. The second-order valence-corrected chi connectivity index (χ2v) is 15.6. The number of carbonyl (C=O) groups excluding carboxylic acids is 4. The Bertz CT molecular complexity index is 1910. The van der Waals surface area contributed by atoms with Crippen molar-refractivity contribution in [3.8, 4) is 17.4 Å². The number of nitrogens with one attached hydrogen (secondary N) is 1. The number of morpholine rings is 1. The molecule has 0 saturated carbocycles. The molecular weight excluding hydrogens is 773 g/mol. The Labute approximate surface area is 329 Å². The smallest absolute Gasteiger partial charge is 0.344 e. The van der Waals surface area contributed by atoms with Gasteiger partial charge in [-0.15, -0.1) is 4.37 Å². The Morgan fingerprint density at radius 3 is 2.41 bits per heavy atom. The number of benzene rings is 2. The highest BCUT2D eigenvalue weighted by Crippen LogP contribution is 2.37. The number of carbonyl (C=O) groups is 4. The van der Waals surface area contributed by atoms with Crippen molar-refractivity contribution in [1.82, 2.24) is 13.6 Å². The second kappa shape index (κ2) is 20.2. The van der Waals surface area contributed by atoms with Gasteiger partial charge < -0.3 is 43.5 Å². The van der Waals surface area contributed by atoms with Gasteiger partial charge in [-0.25, -0.2) is 23.1 Å². The summed E-state index contributed by atoms with van der Waals surface area (Å²) in [6.45, 7) is 8.92. The zero-order valence-corrected chi connectivity index (χ0v) is 33.6. The van der Waals surface area contributed by atoms with Gasteiger partial charge >= 0.3 is 17.9 Å². The lowest BCUT2D eigenvalue weighted by atomic mass is 10.1. The summed E-state index contributed by atoms with van der Waals surface area (Å²) < 4.78 is 67.4. The van der Waals surface area contributed by atoms with Crippen LogP contribution in [0.1, 0.15) is 57.8 Å². The van der Waals surface area contributed by atoms with E-state index in [2.05, 4.69) is 14.1 Å². The van der Waals surface area contributed by atoms with Gasteiger partial charge in [-0.3, -0.25) is 9.59 Å². The number of para-hydroxylation sites is 1. The van der Waals surface area contributed by atoms with Crippen molar-refractivity contribution in [3.05, 3.63) is 48.0 Å². The van der Waals surface area contributed by atoms with E-state index in [1.54, 1.807) is 51.1 Å². The minimum atomic E-state index is -4.44. The van der Waals surface area contributed by atoms with E-state index in [0.717, 1.165) is 37.6 Å². The third-order valence-electron chi connectivity index (χ3n) is 8.08. The standard InChI is InChI=1S/C36H48N6O12S2/c1-6-7-13-38-28-18-25(19-29(56(37,47)48)32(28)54-26-11-9-8-10-12-26)35(46)52-22-30(44)42(36(3,4)5)20-27(53-31(45)23-50-24(2)43)21-51-34-33(39-55-40-34)41-14-16-49-17-15-41/h8-12,18-19,27,38H,6-7,13-17,20-23H2,1-5H3,(H2,37,47,48)/t27-/m0/s1. The van der Waals surface area contributed by atoms with Crippen molar-refractivity contribution in [1.29, 1.82) is 0 Å². The molecular formula is C36H48N6O12S2. The topological polar surface area (TPSA) is 228 Å². The molecule has 2 heterocycles. The Morgan fingerprint density at radius 2 is 1.77 bits per heavy atom. The zero-order valence-electron chi connectivity index (χ0n) is 32.0. The van der Waals surface area contributed by atoms with Crippen molar-refractivity contribution in [2.45, 2.75) is 64.0 Å². The first-order chi connectivity index (χ1) is 26.6. The Morgan fingerprint density at radius 1 is 1.05 bits per heavy atom. The van der Waals surface area contributed by atoms with E-state index in [1.165, 1.54) is 11.0 Å². The van der Waals surface area contributed by atoms with Crippen LogP contribution in [0.2, 0.25) is 0 Å². The number of rotatable bonds is 19. The number of sulfonamides is 1. The molecule has 20 heteroatoms. The quantitative estimate of drug-likeness (QED) is 0.100. The molecule has 4 rings (SSSR count). The number of nitrogens with two attached hydrogens (primary N) is 1. The van der Waals surface area contributed by atoms with E-state index < -0.39 is 63.6 Å². The summed E-state index contributed by atoms with van der Waals surface area (Å²) in [6.07, 6.45) is 0.443. The van der Waals surface area contributed by atoms with Gasteiger partial charge in [0, 0.05) is 32.1 Å². The van der Waals surface area contributed by atoms with Gasteiger partial charge in [0.25, 0.3) is 11.8 Å². The molecule has 1 saturated heterocycles. The third-order valence-corrected chi connectivity index (χ3v) is 9.50. The molecule has 1 atom stereocenters. The van der Waals surface area contributed by atoms with Crippen molar-refractivity contribution in [2.75, 3.05) is 69.4 Å². The summed E-state index contributed by atoms with van der Waals surface area (Å²) in [5.74, 6) is -2.35. The number of esters is 3. The van der Waals surface area contributed by atoms with Crippen molar-refractivity contribution in [2.24, 2.45) is 5.14 Å². The van der Waals surface area contributed by atoms with Crippen molar-refractivity contribution >= 4 is 57.1 Å². The fraction of sp³-hybridized carbons (Fsp3) is 0.500. The lowest BCUT2D eigenvalue weighted by Crippen LogP contribution is -2.52. The van der Waals surface area contributed by atoms with Crippen LogP contribution in [0.5, 0.6) is 17.4 Å². The largest absolute Gasteiger partial charge is 0.470 e. The SMILES string of the molecule is CCCCNc1cc(C(=O)OCC(=O)N(C[C@@H](COc2nsnc2N2CCOCC2)OC(=O)COC(C)=O)C(C)(C)C)cc(S(N)(=O)=O)c1Oc1ccccc1. The van der Waals surface area contributed by atoms with Crippen LogP contribution in [0.4, 0.5) is 11.5 Å². The lowest BCUT2D eigenvalue weighted by Gasteiger charge is -2.37. The van der Waals surface area contributed by atoms with E-state index in [4.69, 9.17) is 33.6 Å². The number of primary sulfonamides is 1. The van der Waals surface area contributed by atoms with E-state index in [1.807, 2.05) is 11.8 Å². The van der Waals surface area contributed by atoms with Crippen LogP contribution in [-0.4, -0.2) is 117 Å². The summed E-state index contributed by atoms with van der Waals surface area (Å²) in [5.41, 5.74) is -0.935. The monoisotopic (exact) mass is 820 g/mol. The number of aromatic nitrogens is 2. The molecule has 2 aromatic carbocycles. The first-order valence-corrected chi connectivity index (χ1v) is 20.1. The number of amides is 1. The Hall–Kier alpha value is -5.05. The molecule has 56 heavy (non-hydrogen) atoms. The van der Waals surface area contributed by atoms with Gasteiger partial charge in [0.15, 0.2) is 25.1 Å². The molecule has 306 valence electrons. The van der Waals surface area contributed by atoms with Gasteiger partial charge in [0.1, 0.15) is 17.3 Å². The summed E-state index contributed by atoms with van der Waals surface area (Å²) in [7, 11) is -4.44.